The molecule has 2 aromatic heterocycles. The molecular weight excluding hydrogens is 440 g/mol. The van der Waals surface area contributed by atoms with Gasteiger partial charge in [0.25, 0.3) is 11.5 Å². The molecule has 0 aliphatic carbocycles. The van der Waals surface area contributed by atoms with Crippen LogP contribution in [0.1, 0.15) is 86.4 Å². The maximum absolute atomic E-state index is 13.4. The van der Waals surface area contributed by atoms with Gasteiger partial charge in [0.2, 0.25) is 0 Å². The van der Waals surface area contributed by atoms with Crippen LogP contribution >= 0.6 is 0 Å². The number of hydrogen-bond donors (Lipinski definition) is 5. The second-order valence-corrected chi connectivity index (χ2v) is 11.0. The lowest BCUT2D eigenvalue weighted by molar-refractivity contribution is 0.0950. The molecule has 188 valence electrons. The van der Waals surface area contributed by atoms with Crippen molar-refractivity contribution >= 4 is 23.5 Å². The molecule has 0 spiro atoms. The van der Waals surface area contributed by atoms with Gasteiger partial charge in [-0.3, -0.25) is 9.59 Å². The van der Waals surface area contributed by atoms with Gasteiger partial charge in [0.15, 0.2) is 0 Å². The summed E-state index contributed by atoms with van der Waals surface area (Å²) in [6, 6.07) is 3.71. The number of pyridine rings is 2. The summed E-state index contributed by atoms with van der Waals surface area (Å²) in [6.07, 6.45) is 4.05. The van der Waals surface area contributed by atoms with E-state index in [-0.39, 0.29) is 35.1 Å². The van der Waals surface area contributed by atoms with Crippen LogP contribution in [0.2, 0.25) is 0 Å². The SMILES string of the molecule is Cc1cc(C)c(CNC(=O)c2cc(C3=CC(C)(C)NC(C)(C)C3)nc(NC(C)C)c2C=N)c(=O)[nH]1. The Morgan fingerprint density at radius 3 is 2.49 bits per heavy atom. The van der Waals surface area contributed by atoms with Gasteiger partial charge in [-0.2, -0.15) is 0 Å². The molecule has 35 heavy (non-hydrogen) atoms. The lowest BCUT2D eigenvalue weighted by Gasteiger charge is -2.41. The van der Waals surface area contributed by atoms with Crippen molar-refractivity contribution in [3.05, 3.63) is 62.2 Å². The minimum absolute atomic E-state index is 0.0658. The number of anilines is 1. The van der Waals surface area contributed by atoms with Crippen molar-refractivity contribution in [3.63, 3.8) is 0 Å². The average molecular weight is 479 g/mol. The maximum atomic E-state index is 13.4. The van der Waals surface area contributed by atoms with Gasteiger partial charge in [0.1, 0.15) is 5.82 Å². The van der Waals surface area contributed by atoms with E-state index in [1.807, 2.05) is 33.8 Å². The van der Waals surface area contributed by atoms with Crippen molar-refractivity contribution < 1.29 is 4.79 Å². The molecule has 8 nitrogen and oxygen atoms in total. The fraction of sp³-hybridized carbons (Fsp3) is 0.481. The summed E-state index contributed by atoms with van der Waals surface area (Å²) in [6.45, 7) is 16.3. The first-order valence-corrected chi connectivity index (χ1v) is 12.0. The highest BCUT2D eigenvalue weighted by Gasteiger charge is 2.33. The Morgan fingerprint density at radius 1 is 1.23 bits per heavy atom. The molecule has 8 heteroatoms. The minimum Gasteiger partial charge on any atom is -0.367 e. The molecule has 5 N–H and O–H groups in total. The topological polar surface area (TPSA) is 123 Å². The normalized spacial score (nSPS) is 16.5. The summed E-state index contributed by atoms with van der Waals surface area (Å²) in [4.78, 5) is 33.4. The van der Waals surface area contributed by atoms with Crippen LogP contribution in [0, 0.1) is 19.3 Å². The van der Waals surface area contributed by atoms with Crippen LogP contribution in [0.25, 0.3) is 5.57 Å². The van der Waals surface area contributed by atoms with E-state index in [0.717, 1.165) is 29.5 Å². The smallest absolute Gasteiger partial charge is 0.253 e. The van der Waals surface area contributed by atoms with E-state index >= 15 is 0 Å². The van der Waals surface area contributed by atoms with Crippen molar-refractivity contribution in [2.45, 2.75) is 85.5 Å². The summed E-state index contributed by atoms with van der Waals surface area (Å²) in [7, 11) is 0. The van der Waals surface area contributed by atoms with E-state index in [0.29, 0.717) is 28.2 Å². The van der Waals surface area contributed by atoms with E-state index in [4.69, 9.17) is 10.4 Å². The summed E-state index contributed by atoms with van der Waals surface area (Å²) in [5, 5.41) is 17.8. The van der Waals surface area contributed by atoms with Crippen molar-refractivity contribution in [1.29, 1.82) is 5.41 Å². The second kappa shape index (κ2) is 9.77. The first-order valence-electron chi connectivity index (χ1n) is 12.0. The Morgan fingerprint density at radius 2 is 1.91 bits per heavy atom. The van der Waals surface area contributed by atoms with Gasteiger partial charge in [-0.15, -0.1) is 0 Å². The van der Waals surface area contributed by atoms with E-state index in [1.165, 1.54) is 0 Å². The lowest BCUT2D eigenvalue weighted by atomic mass is 9.82. The third kappa shape index (κ3) is 6.25. The number of carbonyl (C=O) groups excluding carboxylic acids is 1. The van der Waals surface area contributed by atoms with Gasteiger partial charge < -0.3 is 26.3 Å². The number of carbonyl (C=O) groups is 1. The first-order chi connectivity index (χ1) is 16.2. The van der Waals surface area contributed by atoms with Crippen LogP contribution < -0.4 is 21.5 Å². The fourth-order valence-electron chi connectivity index (χ4n) is 4.88. The summed E-state index contributed by atoms with van der Waals surface area (Å²) in [5.41, 5.74) is 4.03. The van der Waals surface area contributed by atoms with E-state index in [1.54, 1.807) is 6.07 Å². The lowest BCUT2D eigenvalue weighted by Crippen LogP contribution is -2.53. The van der Waals surface area contributed by atoms with Crippen molar-refractivity contribution in [2.75, 3.05) is 5.32 Å². The molecule has 0 saturated heterocycles. The molecule has 0 saturated carbocycles. The average Bonchev–Trinajstić information content (AvgIpc) is 2.69. The molecule has 0 radical (unpaired) electrons. The molecule has 1 amide bonds. The summed E-state index contributed by atoms with van der Waals surface area (Å²) < 4.78 is 0. The molecule has 2 aromatic rings. The predicted octanol–water partition coefficient (Wildman–Crippen LogP) is 4.07. The van der Waals surface area contributed by atoms with Crippen LogP contribution in [0.5, 0.6) is 0 Å². The fourth-order valence-corrected chi connectivity index (χ4v) is 4.88. The number of nitrogens with one attached hydrogen (secondary N) is 5. The van der Waals surface area contributed by atoms with Gasteiger partial charge in [0, 0.05) is 46.7 Å². The van der Waals surface area contributed by atoms with E-state index < -0.39 is 0 Å². The molecule has 0 bridgehead atoms. The number of H-pyrrole nitrogens is 1. The molecule has 0 atom stereocenters. The van der Waals surface area contributed by atoms with Crippen molar-refractivity contribution in [3.8, 4) is 0 Å². The van der Waals surface area contributed by atoms with Crippen molar-refractivity contribution in [2.24, 2.45) is 0 Å². The number of amides is 1. The summed E-state index contributed by atoms with van der Waals surface area (Å²) in [5.74, 6) is 0.142. The predicted molar refractivity (Wildman–Crippen MR) is 142 cm³/mol. The molecule has 3 heterocycles. The number of aromatic nitrogens is 2. The van der Waals surface area contributed by atoms with E-state index in [2.05, 4.69) is 54.7 Å². The molecule has 0 unspecified atom stereocenters. The Hall–Kier alpha value is -3.26. The third-order valence-electron chi connectivity index (χ3n) is 5.95. The third-order valence-corrected chi connectivity index (χ3v) is 5.95. The highest BCUT2D eigenvalue weighted by Crippen LogP contribution is 2.34. The highest BCUT2D eigenvalue weighted by molar-refractivity contribution is 6.05. The molecule has 3 rings (SSSR count). The van der Waals surface area contributed by atoms with Gasteiger partial charge >= 0.3 is 0 Å². The monoisotopic (exact) mass is 478 g/mol. The standard InChI is InChI=1S/C27H38N6O2/c1-15(2)30-23-20(13-28)19(24(34)29-14-21-16(3)9-17(4)31-25(21)35)10-22(32-23)18-11-26(5,6)33-27(7,8)12-18/h9-11,13,15,28,33H,12,14H2,1-8H3,(H,29,34)(H,30,32)(H,31,35). The Kier molecular flexibility index (Phi) is 7.36. The molecule has 1 aliphatic rings. The second-order valence-electron chi connectivity index (χ2n) is 11.0. The largest absolute Gasteiger partial charge is 0.367 e. The Bertz CT molecular complexity index is 1240. The number of nitrogens with zero attached hydrogens (tertiary/aromatic N) is 1. The van der Waals surface area contributed by atoms with Crippen LogP contribution in [0.4, 0.5) is 5.82 Å². The first kappa shape index (κ1) is 26.3. The van der Waals surface area contributed by atoms with Gasteiger partial charge in [-0.25, -0.2) is 4.98 Å². The zero-order valence-corrected chi connectivity index (χ0v) is 22.1. The van der Waals surface area contributed by atoms with Crippen molar-refractivity contribution in [1.82, 2.24) is 20.6 Å². The van der Waals surface area contributed by atoms with Crippen LogP contribution in [-0.4, -0.2) is 39.2 Å². The van der Waals surface area contributed by atoms with E-state index in [9.17, 15) is 9.59 Å². The van der Waals surface area contributed by atoms with Crippen LogP contribution in [0.15, 0.2) is 23.0 Å². The number of aromatic amines is 1. The van der Waals surface area contributed by atoms with Gasteiger partial charge in [-0.05, 0) is 85.1 Å². The molecule has 1 aliphatic heterocycles. The van der Waals surface area contributed by atoms with Crippen LogP contribution in [-0.2, 0) is 6.54 Å². The summed E-state index contributed by atoms with van der Waals surface area (Å²) >= 11 is 0. The minimum atomic E-state index is -0.355. The number of aryl methyl sites for hydroxylation is 2. The highest BCUT2D eigenvalue weighted by atomic mass is 16.1. The molecule has 0 fully saturated rings. The Balaban J connectivity index is 2.06. The number of hydrogen-bond acceptors (Lipinski definition) is 6. The van der Waals surface area contributed by atoms with Crippen LogP contribution in [0.3, 0.4) is 0 Å². The maximum Gasteiger partial charge on any atom is 0.253 e. The van der Waals surface area contributed by atoms with Gasteiger partial charge in [-0.1, -0.05) is 6.08 Å². The molecule has 0 aromatic carbocycles. The Labute approximate surface area is 207 Å². The zero-order chi connectivity index (χ0) is 26.1. The molecular formula is C27H38N6O2. The number of rotatable bonds is 7. The van der Waals surface area contributed by atoms with Gasteiger partial charge in [0.05, 0.1) is 11.3 Å². The quantitative estimate of drug-likeness (QED) is 0.384. The zero-order valence-electron chi connectivity index (χ0n) is 22.1.